The standard InChI is InChI=1S/C17H21N5O2/c1-10(2)15-19-16(22(3)4)21-17(20-15)24-12-6-7-13-11(9-12)5-8-14(23)18-13/h6-7,9-10H,5,8H2,1-4H3,(H,18,23). The zero-order valence-electron chi connectivity index (χ0n) is 14.3. The first-order chi connectivity index (χ1) is 11.4. The highest BCUT2D eigenvalue weighted by Gasteiger charge is 2.17. The molecule has 7 nitrogen and oxygen atoms in total. The molecule has 1 aliphatic rings. The Morgan fingerprint density at radius 3 is 2.67 bits per heavy atom. The second kappa shape index (κ2) is 6.43. The number of ether oxygens (including phenoxy) is 1. The van der Waals surface area contributed by atoms with Crippen molar-refractivity contribution in [3.8, 4) is 11.8 Å². The second-order valence-electron chi connectivity index (χ2n) is 6.29. The summed E-state index contributed by atoms with van der Waals surface area (Å²) < 4.78 is 5.85. The van der Waals surface area contributed by atoms with Crippen molar-refractivity contribution in [2.45, 2.75) is 32.6 Å². The minimum atomic E-state index is 0.0471. The molecule has 0 aliphatic carbocycles. The van der Waals surface area contributed by atoms with Crippen LogP contribution in [0.2, 0.25) is 0 Å². The molecule has 1 N–H and O–H groups in total. The van der Waals surface area contributed by atoms with Crippen LogP contribution in [0, 0.1) is 0 Å². The van der Waals surface area contributed by atoms with E-state index in [1.807, 2.05) is 45.0 Å². The van der Waals surface area contributed by atoms with Gasteiger partial charge in [0.25, 0.3) is 0 Å². The van der Waals surface area contributed by atoms with Gasteiger partial charge in [0.1, 0.15) is 11.6 Å². The Kier molecular flexibility index (Phi) is 4.33. The number of carbonyl (C=O) groups is 1. The fourth-order valence-corrected chi connectivity index (χ4v) is 2.39. The molecule has 1 aliphatic heterocycles. The summed E-state index contributed by atoms with van der Waals surface area (Å²) in [5, 5.41) is 2.86. The summed E-state index contributed by atoms with van der Waals surface area (Å²) in [6.07, 6.45) is 1.19. The van der Waals surface area contributed by atoms with Gasteiger partial charge in [-0.05, 0) is 30.2 Å². The molecule has 0 bridgehead atoms. The number of carbonyl (C=O) groups excluding carboxylic acids is 1. The number of amides is 1. The highest BCUT2D eigenvalue weighted by molar-refractivity contribution is 5.94. The molecule has 0 saturated heterocycles. The van der Waals surface area contributed by atoms with Gasteiger partial charge in [-0.3, -0.25) is 4.79 Å². The maximum atomic E-state index is 11.4. The topological polar surface area (TPSA) is 80.2 Å². The van der Waals surface area contributed by atoms with Gasteiger partial charge in [0, 0.05) is 32.1 Å². The van der Waals surface area contributed by atoms with Crippen molar-refractivity contribution < 1.29 is 9.53 Å². The Bertz CT molecular complexity index is 747. The number of rotatable bonds is 4. The number of benzene rings is 1. The van der Waals surface area contributed by atoms with E-state index in [-0.39, 0.29) is 17.8 Å². The molecule has 126 valence electrons. The van der Waals surface area contributed by atoms with Crippen LogP contribution in [0.25, 0.3) is 0 Å². The summed E-state index contributed by atoms with van der Waals surface area (Å²) in [7, 11) is 3.76. The summed E-state index contributed by atoms with van der Waals surface area (Å²) in [6, 6.07) is 5.85. The Balaban J connectivity index is 1.89. The molecule has 0 unspecified atom stereocenters. The van der Waals surface area contributed by atoms with Gasteiger partial charge < -0.3 is 15.0 Å². The van der Waals surface area contributed by atoms with Gasteiger partial charge in [0.15, 0.2) is 0 Å². The Hall–Kier alpha value is -2.70. The lowest BCUT2D eigenvalue weighted by Crippen LogP contribution is -2.18. The Morgan fingerprint density at radius 2 is 1.96 bits per heavy atom. The number of nitrogens with zero attached hydrogens (tertiary/aromatic N) is 4. The molecule has 0 spiro atoms. The molecular weight excluding hydrogens is 306 g/mol. The summed E-state index contributed by atoms with van der Waals surface area (Å²) in [5.74, 6) is 2.12. The number of anilines is 2. The van der Waals surface area contributed by atoms with Crippen molar-refractivity contribution in [2.75, 3.05) is 24.3 Å². The third kappa shape index (κ3) is 3.45. The van der Waals surface area contributed by atoms with E-state index in [2.05, 4.69) is 20.3 Å². The van der Waals surface area contributed by atoms with E-state index in [9.17, 15) is 4.79 Å². The zero-order chi connectivity index (χ0) is 17.3. The third-order valence-electron chi connectivity index (χ3n) is 3.72. The minimum absolute atomic E-state index is 0.0471. The van der Waals surface area contributed by atoms with Crippen LogP contribution >= 0.6 is 0 Å². The predicted molar refractivity (Wildman–Crippen MR) is 91.7 cm³/mol. The van der Waals surface area contributed by atoms with Crippen LogP contribution in [-0.2, 0) is 11.2 Å². The number of nitrogens with one attached hydrogen (secondary N) is 1. The average molecular weight is 327 g/mol. The van der Waals surface area contributed by atoms with Gasteiger partial charge in [-0.1, -0.05) is 13.8 Å². The van der Waals surface area contributed by atoms with Gasteiger partial charge in [0.2, 0.25) is 11.9 Å². The fraction of sp³-hybridized carbons (Fsp3) is 0.412. The lowest BCUT2D eigenvalue weighted by atomic mass is 10.0. The predicted octanol–water partition coefficient (Wildman–Crippen LogP) is 2.74. The van der Waals surface area contributed by atoms with Crippen molar-refractivity contribution in [3.05, 3.63) is 29.6 Å². The summed E-state index contributed by atoms with van der Waals surface area (Å²) in [4.78, 5) is 26.4. The summed E-state index contributed by atoms with van der Waals surface area (Å²) in [6.45, 7) is 4.06. The first-order valence-corrected chi connectivity index (χ1v) is 7.96. The van der Waals surface area contributed by atoms with Gasteiger partial charge in [-0.15, -0.1) is 0 Å². The van der Waals surface area contributed by atoms with E-state index in [1.165, 1.54) is 0 Å². The van der Waals surface area contributed by atoms with Crippen molar-refractivity contribution in [3.63, 3.8) is 0 Å². The molecule has 1 aromatic heterocycles. The smallest absolute Gasteiger partial charge is 0.327 e. The van der Waals surface area contributed by atoms with Gasteiger partial charge in [-0.25, -0.2) is 0 Å². The average Bonchev–Trinajstić information content (AvgIpc) is 2.54. The Labute approximate surface area is 141 Å². The number of aryl methyl sites for hydroxylation is 1. The monoisotopic (exact) mass is 327 g/mol. The van der Waals surface area contributed by atoms with Crippen LogP contribution in [0.4, 0.5) is 11.6 Å². The van der Waals surface area contributed by atoms with E-state index < -0.39 is 0 Å². The molecule has 0 fully saturated rings. The highest BCUT2D eigenvalue weighted by atomic mass is 16.5. The van der Waals surface area contributed by atoms with E-state index in [0.29, 0.717) is 30.4 Å². The van der Waals surface area contributed by atoms with E-state index in [4.69, 9.17) is 4.74 Å². The lowest BCUT2D eigenvalue weighted by molar-refractivity contribution is -0.116. The number of aromatic nitrogens is 3. The quantitative estimate of drug-likeness (QED) is 0.930. The molecule has 0 saturated carbocycles. The zero-order valence-corrected chi connectivity index (χ0v) is 14.3. The van der Waals surface area contributed by atoms with Crippen molar-refractivity contribution in [1.82, 2.24) is 15.0 Å². The van der Waals surface area contributed by atoms with Gasteiger partial charge in [0.05, 0.1) is 0 Å². The summed E-state index contributed by atoms with van der Waals surface area (Å²) in [5.41, 5.74) is 1.89. The van der Waals surface area contributed by atoms with Crippen molar-refractivity contribution >= 4 is 17.5 Å². The van der Waals surface area contributed by atoms with Crippen LogP contribution in [-0.4, -0.2) is 35.0 Å². The number of hydrogen-bond donors (Lipinski definition) is 1. The van der Waals surface area contributed by atoms with Gasteiger partial charge in [-0.2, -0.15) is 15.0 Å². The highest BCUT2D eigenvalue weighted by Crippen LogP contribution is 2.29. The minimum Gasteiger partial charge on any atom is -0.424 e. The van der Waals surface area contributed by atoms with E-state index in [0.717, 1.165) is 11.3 Å². The SMILES string of the molecule is CC(C)c1nc(Oc2ccc3c(c2)CCC(=O)N3)nc(N(C)C)n1. The van der Waals surface area contributed by atoms with Crippen LogP contribution in [0.1, 0.15) is 37.6 Å². The fourth-order valence-electron chi connectivity index (χ4n) is 2.39. The molecule has 2 aromatic rings. The molecule has 7 heteroatoms. The van der Waals surface area contributed by atoms with Crippen LogP contribution in [0.3, 0.4) is 0 Å². The Morgan fingerprint density at radius 1 is 1.17 bits per heavy atom. The van der Waals surface area contributed by atoms with Gasteiger partial charge >= 0.3 is 6.01 Å². The lowest BCUT2D eigenvalue weighted by Gasteiger charge is -2.18. The number of fused-ring (bicyclic) bond motifs is 1. The number of hydrogen-bond acceptors (Lipinski definition) is 6. The first kappa shape index (κ1) is 16.2. The van der Waals surface area contributed by atoms with Crippen LogP contribution in [0.5, 0.6) is 11.8 Å². The largest absolute Gasteiger partial charge is 0.424 e. The first-order valence-electron chi connectivity index (χ1n) is 7.96. The molecule has 1 amide bonds. The van der Waals surface area contributed by atoms with Crippen LogP contribution in [0.15, 0.2) is 18.2 Å². The van der Waals surface area contributed by atoms with Crippen molar-refractivity contribution in [1.29, 1.82) is 0 Å². The maximum Gasteiger partial charge on any atom is 0.327 e. The van der Waals surface area contributed by atoms with Crippen molar-refractivity contribution in [2.24, 2.45) is 0 Å². The van der Waals surface area contributed by atoms with E-state index in [1.54, 1.807) is 6.07 Å². The molecular formula is C17H21N5O2. The molecule has 3 rings (SSSR count). The van der Waals surface area contributed by atoms with Crippen LogP contribution < -0.4 is 15.0 Å². The van der Waals surface area contributed by atoms with E-state index >= 15 is 0 Å². The summed E-state index contributed by atoms with van der Waals surface area (Å²) >= 11 is 0. The molecule has 2 heterocycles. The molecule has 0 atom stereocenters. The molecule has 1 aromatic carbocycles. The second-order valence-corrected chi connectivity index (χ2v) is 6.29. The third-order valence-corrected chi connectivity index (χ3v) is 3.72. The molecule has 0 radical (unpaired) electrons. The molecule has 24 heavy (non-hydrogen) atoms. The maximum absolute atomic E-state index is 11.4. The normalized spacial score (nSPS) is 13.5.